The molecule has 1 aliphatic rings. The van der Waals surface area contributed by atoms with Crippen LogP contribution in [0.15, 0.2) is 0 Å². The van der Waals surface area contributed by atoms with Gasteiger partial charge in [0.05, 0.1) is 6.54 Å². The maximum atomic E-state index is 12.0. The van der Waals surface area contributed by atoms with Crippen LogP contribution in [0.1, 0.15) is 27.2 Å². The van der Waals surface area contributed by atoms with Gasteiger partial charge < -0.3 is 10.2 Å². The number of carbonyl (C=O) groups excluding carboxylic acids is 2. The molecule has 0 aromatic carbocycles. The molecule has 1 rings (SSSR count). The molecule has 1 heterocycles. The Bertz CT molecular complexity index is 332. The molecule has 15 heavy (non-hydrogen) atoms. The SMILES string of the molecule is C#CCN1C(=O)C(C)(CC)NC(=O)C1C. The second kappa shape index (κ2) is 3.93. The smallest absolute Gasteiger partial charge is 0.249 e. The Labute approximate surface area is 90.0 Å². The highest BCUT2D eigenvalue weighted by Gasteiger charge is 2.44. The van der Waals surface area contributed by atoms with Crippen LogP contribution >= 0.6 is 0 Å². The van der Waals surface area contributed by atoms with Crippen molar-refractivity contribution in [1.82, 2.24) is 10.2 Å². The molecule has 0 bridgehead atoms. The largest absolute Gasteiger partial charge is 0.340 e. The molecule has 1 N–H and O–H groups in total. The highest BCUT2D eigenvalue weighted by Crippen LogP contribution is 2.20. The van der Waals surface area contributed by atoms with Gasteiger partial charge in [-0.25, -0.2) is 0 Å². The summed E-state index contributed by atoms with van der Waals surface area (Å²) < 4.78 is 0. The summed E-state index contributed by atoms with van der Waals surface area (Å²) in [5.41, 5.74) is -0.805. The van der Waals surface area contributed by atoms with Gasteiger partial charge in [-0.05, 0) is 20.3 Å². The first-order chi connectivity index (χ1) is 6.96. The van der Waals surface area contributed by atoms with Gasteiger partial charge in [-0.15, -0.1) is 6.42 Å². The number of amides is 2. The lowest BCUT2D eigenvalue weighted by molar-refractivity contribution is -0.152. The van der Waals surface area contributed by atoms with Gasteiger partial charge >= 0.3 is 0 Å². The maximum Gasteiger partial charge on any atom is 0.249 e. The van der Waals surface area contributed by atoms with Crippen LogP contribution in [0.5, 0.6) is 0 Å². The minimum atomic E-state index is -0.805. The number of carbonyl (C=O) groups is 2. The Morgan fingerprint density at radius 2 is 2.20 bits per heavy atom. The highest BCUT2D eigenvalue weighted by molar-refractivity contribution is 5.99. The van der Waals surface area contributed by atoms with E-state index in [1.165, 1.54) is 4.90 Å². The van der Waals surface area contributed by atoms with Crippen molar-refractivity contribution in [1.29, 1.82) is 0 Å². The van der Waals surface area contributed by atoms with Crippen molar-refractivity contribution in [2.45, 2.75) is 38.8 Å². The third-order valence-corrected chi connectivity index (χ3v) is 2.95. The lowest BCUT2D eigenvalue weighted by atomic mass is 9.92. The predicted molar refractivity (Wildman–Crippen MR) is 56.8 cm³/mol. The molecule has 1 saturated heterocycles. The molecule has 0 spiro atoms. The lowest BCUT2D eigenvalue weighted by Gasteiger charge is -2.42. The number of hydrogen-bond donors (Lipinski definition) is 1. The summed E-state index contributed by atoms with van der Waals surface area (Å²) in [7, 11) is 0. The van der Waals surface area contributed by atoms with Crippen molar-refractivity contribution < 1.29 is 9.59 Å². The van der Waals surface area contributed by atoms with Crippen LogP contribution < -0.4 is 5.32 Å². The summed E-state index contributed by atoms with van der Waals surface area (Å²) in [6.07, 6.45) is 5.74. The summed E-state index contributed by atoms with van der Waals surface area (Å²) >= 11 is 0. The minimum Gasteiger partial charge on any atom is -0.340 e. The molecule has 0 saturated carbocycles. The lowest BCUT2D eigenvalue weighted by Crippen LogP contribution is -2.68. The maximum absolute atomic E-state index is 12.0. The Hall–Kier alpha value is -1.50. The van der Waals surface area contributed by atoms with Crippen LogP contribution in [0.25, 0.3) is 0 Å². The fourth-order valence-corrected chi connectivity index (χ4v) is 1.61. The molecule has 0 radical (unpaired) electrons. The number of hydrogen-bond acceptors (Lipinski definition) is 2. The van der Waals surface area contributed by atoms with E-state index in [1.807, 2.05) is 6.92 Å². The molecule has 2 atom stereocenters. The van der Waals surface area contributed by atoms with E-state index < -0.39 is 11.6 Å². The molecule has 4 heteroatoms. The van der Waals surface area contributed by atoms with Gasteiger partial charge in [-0.1, -0.05) is 12.8 Å². The quantitative estimate of drug-likeness (QED) is 0.656. The first-order valence-electron chi connectivity index (χ1n) is 5.03. The van der Waals surface area contributed by atoms with E-state index in [9.17, 15) is 9.59 Å². The predicted octanol–water partition coefficient (Wildman–Crippen LogP) is 0.135. The van der Waals surface area contributed by atoms with Gasteiger partial charge in [0.15, 0.2) is 0 Å². The van der Waals surface area contributed by atoms with Crippen LogP contribution in [-0.2, 0) is 9.59 Å². The number of piperazine rings is 1. The van der Waals surface area contributed by atoms with Gasteiger partial charge in [0.25, 0.3) is 0 Å². The van der Waals surface area contributed by atoms with Crippen LogP contribution in [0.2, 0.25) is 0 Å². The summed E-state index contributed by atoms with van der Waals surface area (Å²) in [5, 5.41) is 2.73. The zero-order valence-electron chi connectivity index (χ0n) is 9.33. The van der Waals surface area contributed by atoms with E-state index >= 15 is 0 Å². The third-order valence-electron chi connectivity index (χ3n) is 2.95. The van der Waals surface area contributed by atoms with Crippen molar-refractivity contribution in [3.8, 4) is 12.3 Å². The van der Waals surface area contributed by atoms with E-state index in [0.29, 0.717) is 6.42 Å². The average molecular weight is 208 g/mol. The van der Waals surface area contributed by atoms with E-state index in [-0.39, 0.29) is 18.4 Å². The van der Waals surface area contributed by atoms with E-state index in [4.69, 9.17) is 6.42 Å². The molecule has 0 aromatic rings. The fraction of sp³-hybridized carbons (Fsp3) is 0.636. The number of rotatable bonds is 2. The summed E-state index contributed by atoms with van der Waals surface area (Å²) in [6.45, 7) is 5.45. The Morgan fingerprint density at radius 1 is 1.60 bits per heavy atom. The van der Waals surface area contributed by atoms with Crippen molar-refractivity contribution >= 4 is 11.8 Å². The summed E-state index contributed by atoms with van der Waals surface area (Å²) in [5.74, 6) is 2.16. The molecule has 0 aliphatic carbocycles. The van der Waals surface area contributed by atoms with Crippen LogP contribution in [0.4, 0.5) is 0 Å². The second-order valence-electron chi connectivity index (χ2n) is 3.99. The first-order valence-corrected chi connectivity index (χ1v) is 5.03. The molecular formula is C11H16N2O2. The molecular weight excluding hydrogens is 192 g/mol. The van der Waals surface area contributed by atoms with Gasteiger partial charge in [0.2, 0.25) is 11.8 Å². The van der Waals surface area contributed by atoms with Crippen molar-refractivity contribution in [2.75, 3.05) is 6.54 Å². The van der Waals surface area contributed by atoms with Crippen LogP contribution in [0, 0.1) is 12.3 Å². The molecule has 1 fully saturated rings. The molecule has 2 amide bonds. The van der Waals surface area contributed by atoms with Crippen molar-refractivity contribution in [2.24, 2.45) is 0 Å². The Kier molecular flexibility index (Phi) is 3.04. The average Bonchev–Trinajstić information content (AvgIpc) is 2.22. The standard InChI is InChI=1S/C11H16N2O2/c1-5-7-13-8(3)9(14)12-11(4,6-2)10(13)15/h1,8H,6-7H2,2-4H3,(H,12,14). The van der Waals surface area contributed by atoms with Gasteiger partial charge in [0.1, 0.15) is 11.6 Å². The normalized spacial score (nSPS) is 31.1. The van der Waals surface area contributed by atoms with E-state index in [1.54, 1.807) is 13.8 Å². The van der Waals surface area contributed by atoms with Gasteiger partial charge in [-0.3, -0.25) is 9.59 Å². The van der Waals surface area contributed by atoms with E-state index in [0.717, 1.165) is 0 Å². The monoisotopic (exact) mass is 208 g/mol. The second-order valence-corrected chi connectivity index (χ2v) is 3.99. The van der Waals surface area contributed by atoms with Gasteiger partial charge in [-0.2, -0.15) is 0 Å². The number of nitrogens with one attached hydrogen (secondary N) is 1. The third kappa shape index (κ3) is 1.82. The highest BCUT2D eigenvalue weighted by atomic mass is 16.2. The first kappa shape index (κ1) is 11.6. The molecule has 4 nitrogen and oxygen atoms in total. The fourth-order valence-electron chi connectivity index (χ4n) is 1.61. The molecule has 0 aromatic heterocycles. The zero-order chi connectivity index (χ0) is 11.6. The van der Waals surface area contributed by atoms with Crippen LogP contribution in [-0.4, -0.2) is 34.8 Å². The molecule has 82 valence electrons. The van der Waals surface area contributed by atoms with Crippen LogP contribution in [0.3, 0.4) is 0 Å². The van der Waals surface area contributed by atoms with Gasteiger partial charge in [0, 0.05) is 0 Å². The van der Waals surface area contributed by atoms with E-state index in [2.05, 4.69) is 11.2 Å². The summed E-state index contributed by atoms with van der Waals surface area (Å²) in [6, 6.07) is -0.479. The van der Waals surface area contributed by atoms with Crippen molar-refractivity contribution in [3.05, 3.63) is 0 Å². The molecule has 1 aliphatic heterocycles. The Morgan fingerprint density at radius 3 is 2.67 bits per heavy atom. The van der Waals surface area contributed by atoms with Crippen molar-refractivity contribution in [3.63, 3.8) is 0 Å². The topological polar surface area (TPSA) is 49.4 Å². The minimum absolute atomic E-state index is 0.102. The zero-order valence-corrected chi connectivity index (χ0v) is 9.33. The molecule has 2 unspecified atom stereocenters. The number of terminal acetylenes is 1. The summed E-state index contributed by atoms with van der Waals surface area (Å²) in [4.78, 5) is 25.1. The Balaban J connectivity index is 3.00. The number of nitrogens with zero attached hydrogens (tertiary/aromatic N) is 1.